The van der Waals surface area contributed by atoms with Crippen LogP contribution in [0.4, 0.5) is 4.79 Å². The molecule has 1 aliphatic carbocycles. The second-order valence-electron chi connectivity index (χ2n) is 7.27. The molecule has 0 aromatic heterocycles. The molecule has 1 saturated carbocycles. The molecule has 148 valence electrons. The number of hydrogen-bond donors (Lipinski definition) is 2. The largest absolute Gasteiger partial charge is 1.00 e. The van der Waals surface area contributed by atoms with Gasteiger partial charge >= 0.3 is 6.09 Å². The zero-order chi connectivity index (χ0) is 18.5. The van der Waals surface area contributed by atoms with E-state index in [1.54, 1.807) is 0 Å². The number of allylic oxidation sites excluding steroid dienone is 2. The van der Waals surface area contributed by atoms with Crippen LogP contribution in [0.25, 0.3) is 0 Å². The minimum Gasteiger partial charge on any atom is -1.00 e. The molecule has 4 rings (SSSR count). The fraction of sp³-hybridized carbons (Fsp3) is 0.381. The second-order valence-corrected chi connectivity index (χ2v) is 7.27. The summed E-state index contributed by atoms with van der Waals surface area (Å²) in [5.74, 6) is 0.998. The third-order valence-electron chi connectivity index (χ3n) is 5.45. The summed E-state index contributed by atoms with van der Waals surface area (Å²) in [5.41, 5.74) is 3.37. The van der Waals surface area contributed by atoms with Crippen LogP contribution in [0.3, 0.4) is 0 Å². The molecule has 2 aliphatic heterocycles. The van der Waals surface area contributed by atoms with Crippen molar-refractivity contribution >= 4 is 18.6 Å². The Hall–Kier alpha value is -2.44. The van der Waals surface area contributed by atoms with Crippen LogP contribution in [0, 0.1) is 11.8 Å². The highest BCUT2D eigenvalue weighted by Crippen LogP contribution is 2.34. The molecule has 2 N–H and O–H groups in total. The van der Waals surface area contributed by atoms with Crippen LogP contribution in [-0.2, 0) is 11.3 Å². The maximum atomic E-state index is 11.9. The Kier molecular flexibility index (Phi) is 7.01. The first-order valence-corrected chi connectivity index (χ1v) is 9.59. The number of ether oxygens (including phenoxy) is 1. The van der Waals surface area contributed by atoms with Crippen molar-refractivity contribution in [2.24, 2.45) is 21.8 Å². The molecule has 7 heteroatoms. The molecule has 6 nitrogen and oxygen atoms in total. The standard InChI is InChI=1S/C21H24N4O2.ClH/c26-21(27-14-17-4-2-1-3-5-17)23-12-16-6-8-18(9-7-16)20-19-13-22-10-11-25(19)15-24-20;/h1-5,10-11,13,15-16,18H,6-9,12,14H2,(H,23,26);1H. The van der Waals surface area contributed by atoms with Gasteiger partial charge in [0.2, 0.25) is 0 Å². The molecular weight excluding hydrogens is 376 g/mol. The molecule has 0 spiro atoms. The summed E-state index contributed by atoms with van der Waals surface area (Å²) in [7, 11) is 0. The number of alkyl carbamates (subject to hydrolysis) is 1. The first kappa shape index (κ1) is 20.3. The second kappa shape index (κ2) is 9.66. The lowest BCUT2D eigenvalue weighted by Gasteiger charge is -2.28. The van der Waals surface area contributed by atoms with E-state index in [2.05, 4.69) is 15.3 Å². The topological polar surface area (TPSA) is 67.5 Å². The Morgan fingerprint density at radius 1 is 1.18 bits per heavy atom. The maximum absolute atomic E-state index is 11.9. The van der Waals surface area contributed by atoms with Gasteiger partial charge in [-0.3, -0.25) is 4.99 Å². The Morgan fingerprint density at radius 2 is 1.96 bits per heavy atom. The first-order valence-electron chi connectivity index (χ1n) is 9.59. The zero-order valence-corrected chi connectivity index (χ0v) is 16.4. The summed E-state index contributed by atoms with van der Waals surface area (Å²) in [6.07, 6.45) is 11.8. The van der Waals surface area contributed by atoms with Crippen molar-refractivity contribution in [2.45, 2.75) is 32.3 Å². The Balaban J connectivity index is 0.00000225. The fourth-order valence-corrected chi connectivity index (χ4v) is 3.91. The molecule has 1 aromatic rings. The molecular formula is C21H25ClN4O2. The summed E-state index contributed by atoms with van der Waals surface area (Å²) in [6, 6.07) is 9.73. The van der Waals surface area contributed by atoms with Gasteiger partial charge in [-0.05, 0) is 37.2 Å². The highest BCUT2D eigenvalue weighted by atomic mass is 35.5. The van der Waals surface area contributed by atoms with E-state index in [0.717, 1.165) is 31.2 Å². The van der Waals surface area contributed by atoms with Crippen LogP contribution in [0.1, 0.15) is 31.2 Å². The molecule has 0 radical (unpaired) electrons. The van der Waals surface area contributed by atoms with Crippen LogP contribution < -0.4 is 22.6 Å². The number of aliphatic imine (C=N–C) groups is 2. The molecule has 0 bridgehead atoms. The molecule has 1 fully saturated rings. The third kappa shape index (κ3) is 4.88. The Labute approximate surface area is 171 Å². The van der Waals surface area contributed by atoms with Crippen molar-refractivity contribution in [1.29, 1.82) is 0 Å². The monoisotopic (exact) mass is 400 g/mol. The van der Waals surface area contributed by atoms with E-state index in [1.807, 2.05) is 55.3 Å². The van der Waals surface area contributed by atoms with Crippen molar-refractivity contribution in [2.75, 3.05) is 6.54 Å². The van der Waals surface area contributed by atoms with Crippen LogP contribution in [0.2, 0.25) is 0 Å². The lowest BCUT2D eigenvalue weighted by atomic mass is 9.80. The van der Waals surface area contributed by atoms with E-state index in [1.165, 1.54) is 16.3 Å². The van der Waals surface area contributed by atoms with Gasteiger partial charge in [-0.15, -0.1) is 0 Å². The molecule has 28 heavy (non-hydrogen) atoms. The summed E-state index contributed by atoms with van der Waals surface area (Å²) in [6.45, 7) is 0.986. The number of amides is 1. The van der Waals surface area contributed by atoms with Crippen LogP contribution in [0.15, 0.2) is 64.1 Å². The van der Waals surface area contributed by atoms with Gasteiger partial charge in [0.05, 0.1) is 12.4 Å². The molecule has 1 aromatic carbocycles. The molecule has 1 unspecified atom stereocenters. The van der Waals surface area contributed by atoms with Crippen LogP contribution in [0.5, 0.6) is 0 Å². The quantitative estimate of drug-likeness (QED) is 0.694. The summed E-state index contributed by atoms with van der Waals surface area (Å²) < 4.78 is 5.28. The number of rotatable bonds is 5. The fourth-order valence-electron chi connectivity index (χ4n) is 3.91. The molecule has 3 aliphatic rings. The number of nitrogens with one attached hydrogen (secondary N) is 2. The Bertz CT molecular complexity index is 796. The van der Waals surface area contributed by atoms with Gasteiger partial charge in [-0.25, -0.2) is 14.7 Å². The first-order chi connectivity index (χ1) is 13.3. The van der Waals surface area contributed by atoms with Gasteiger partial charge < -0.3 is 22.5 Å². The summed E-state index contributed by atoms with van der Waals surface area (Å²) >= 11 is 0. The van der Waals surface area contributed by atoms with Crippen LogP contribution in [-0.4, -0.2) is 25.2 Å². The van der Waals surface area contributed by atoms with Gasteiger partial charge in [-0.1, -0.05) is 30.3 Å². The van der Waals surface area contributed by atoms with Crippen LogP contribution >= 0.6 is 0 Å². The number of carbonyl (C=O) groups excluding carboxylic acids is 1. The number of carbonyl (C=O) groups is 1. The average Bonchev–Trinajstić information content (AvgIpc) is 3.16. The van der Waals surface area contributed by atoms with E-state index in [-0.39, 0.29) is 18.5 Å². The summed E-state index contributed by atoms with van der Waals surface area (Å²) in [4.78, 5) is 22.0. The minimum atomic E-state index is -0.337. The van der Waals surface area contributed by atoms with E-state index >= 15 is 0 Å². The minimum absolute atomic E-state index is 0. The third-order valence-corrected chi connectivity index (χ3v) is 5.45. The highest BCUT2D eigenvalue weighted by Gasteiger charge is 2.32. The maximum Gasteiger partial charge on any atom is 0.407 e. The number of quaternary nitrogens is 1. The van der Waals surface area contributed by atoms with Crippen molar-refractivity contribution in [1.82, 2.24) is 5.32 Å². The van der Waals surface area contributed by atoms with Crippen molar-refractivity contribution < 1.29 is 26.8 Å². The SMILES string of the molecule is O=C(NCC1CCC(C2=C3C=NC=C[NH+]3C=N2)CC1)OCc1ccccc1.[Cl-]. The number of halogens is 1. The van der Waals surface area contributed by atoms with Gasteiger partial charge in [0.25, 0.3) is 0 Å². The predicted octanol–water partition coefficient (Wildman–Crippen LogP) is -0.583. The van der Waals surface area contributed by atoms with E-state index in [0.29, 0.717) is 25.0 Å². The number of fused-ring (bicyclic) bond motifs is 1. The van der Waals surface area contributed by atoms with Crippen molar-refractivity contribution in [3.05, 3.63) is 59.7 Å². The number of benzene rings is 1. The lowest BCUT2D eigenvalue weighted by Crippen LogP contribution is -3.04. The molecule has 1 amide bonds. The van der Waals surface area contributed by atoms with Crippen molar-refractivity contribution in [3.63, 3.8) is 0 Å². The zero-order valence-electron chi connectivity index (χ0n) is 15.7. The van der Waals surface area contributed by atoms with Gasteiger partial charge in [0, 0.05) is 12.5 Å². The molecule has 1 atom stereocenters. The molecule has 2 heterocycles. The van der Waals surface area contributed by atoms with Gasteiger partial charge in [-0.2, -0.15) is 0 Å². The number of hydrogen-bond acceptors (Lipinski definition) is 4. The van der Waals surface area contributed by atoms with E-state index in [9.17, 15) is 4.79 Å². The highest BCUT2D eigenvalue weighted by molar-refractivity contribution is 5.81. The van der Waals surface area contributed by atoms with Gasteiger partial charge in [0.15, 0.2) is 12.0 Å². The van der Waals surface area contributed by atoms with Gasteiger partial charge in [0.1, 0.15) is 18.5 Å². The molecule has 0 saturated heterocycles. The normalized spacial score (nSPS) is 25.2. The Morgan fingerprint density at radius 3 is 2.75 bits per heavy atom. The van der Waals surface area contributed by atoms with Crippen molar-refractivity contribution in [3.8, 4) is 0 Å². The summed E-state index contributed by atoms with van der Waals surface area (Å²) in [5, 5.41) is 2.92. The lowest BCUT2D eigenvalue weighted by molar-refractivity contribution is -0.682. The predicted molar refractivity (Wildman–Crippen MR) is 104 cm³/mol. The number of nitrogens with zero attached hydrogens (tertiary/aromatic N) is 2. The van der Waals surface area contributed by atoms with E-state index < -0.39 is 0 Å². The average molecular weight is 401 g/mol. The van der Waals surface area contributed by atoms with E-state index in [4.69, 9.17) is 4.74 Å². The smallest absolute Gasteiger partial charge is 0.407 e.